The van der Waals surface area contributed by atoms with Gasteiger partial charge in [-0.3, -0.25) is 9.32 Å². The van der Waals surface area contributed by atoms with Crippen LogP contribution in [0.2, 0.25) is 0 Å². The van der Waals surface area contributed by atoms with Crippen molar-refractivity contribution in [2.75, 3.05) is 7.05 Å². The van der Waals surface area contributed by atoms with Gasteiger partial charge in [0.2, 0.25) is 5.91 Å². The van der Waals surface area contributed by atoms with E-state index in [9.17, 15) is 9.36 Å². The molecule has 0 fully saturated rings. The van der Waals surface area contributed by atoms with Gasteiger partial charge in [0.15, 0.2) is 6.10 Å². The molecule has 1 aromatic rings. The standard InChI is InChI=1S/C10H14BrN2O4P/c1-13-10(14)9(17-18(12,15)16)6-7-2-4-8(11)5-3-7/h2-5,9H,6H2,1H3,(H,13,14)(H3,12,15,16)/t9-/m0/s1. The molecule has 0 aromatic heterocycles. The van der Waals surface area contributed by atoms with Crippen molar-refractivity contribution in [2.45, 2.75) is 12.5 Å². The maximum absolute atomic E-state index is 11.5. The van der Waals surface area contributed by atoms with Crippen molar-refractivity contribution in [3.05, 3.63) is 34.3 Å². The maximum Gasteiger partial charge on any atom is 0.401 e. The fraction of sp³-hybridized carbons (Fsp3) is 0.300. The maximum atomic E-state index is 11.5. The SMILES string of the molecule is CNC(=O)[C@H](Cc1ccc(Br)cc1)OP(N)(=O)O. The average molecular weight is 337 g/mol. The Hall–Kier alpha value is -0.720. The summed E-state index contributed by atoms with van der Waals surface area (Å²) < 4.78 is 16.6. The largest absolute Gasteiger partial charge is 0.401 e. The number of nitrogens with one attached hydrogen (secondary N) is 1. The average Bonchev–Trinajstić information content (AvgIpc) is 2.28. The van der Waals surface area contributed by atoms with Gasteiger partial charge in [-0.15, -0.1) is 0 Å². The zero-order valence-electron chi connectivity index (χ0n) is 9.67. The minimum Gasteiger partial charge on any atom is -0.357 e. The molecule has 100 valence electrons. The Kier molecular flexibility index (Phi) is 5.49. The van der Waals surface area contributed by atoms with Gasteiger partial charge in [-0.25, -0.2) is 10.1 Å². The van der Waals surface area contributed by atoms with E-state index >= 15 is 0 Å². The number of amides is 1. The molecule has 6 nitrogen and oxygen atoms in total. The third kappa shape index (κ3) is 5.29. The molecule has 1 unspecified atom stereocenters. The Labute approximate surface area is 113 Å². The predicted molar refractivity (Wildman–Crippen MR) is 70.8 cm³/mol. The van der Waals surface area contributed by atoms with E-state index in [1.54, 1.807) is 24.3 Å². The normalized spacial score (nSPS) is 15.8. The van der Waals surface area contributed by atoms with Crippen LogP contribution in [-0.4, -0.2) is 24.0 Å². The molecule has 0 saturated heterocycles. The van der Waals surface area contributed by atoms with Crippen molar-refractivity contribution >= 4 is 29.6 Å². The van der Waals surface area contributed by atoms with Gasteiger partial charge in [-0.1, -0.05) is 28.1 Å². The lowest BCUT2D eigenvalue weighted by Crippen LogP contribution is -2.35. The van der Waals surface area contributed by atoms with Gasteiger partial charge in [0, 0.05) is 17.9 Å². The second kappa shape index (κ2) is 6.45. The Bertz CT molecular complexity index is 459. The highest BCUT2D eigenvalue weighted by atomic mass is 79.9. The van der Waals surface area contributed by atoms with Crippen molar-refractivity contribution in [1.29, 1.82) is 0 Å². The van der Waals surface area contributed by atoms with Crippen molar-refractivity contribution in [2.24, 2.45) is 5.50 Å². The molecule has 1 amide bonds. The molecule has 4 N–H and O–H groups in total. The number of nitrogens with two attached hydrogens (primary N) is 1. The summed E-state index contributed by atoms with van der Waals surface area (Å²) in [5.74, 6) is -0.502. The van der Waals surface area contributed by atoms with Gasteiger partial charge in [0.1, 0.15) is 0 Å². The van der Waals surface area contributed by atoms with Crippen molar-refractivity contribution in [3.63, 3.8) is 0 Å². The molecule has 1 rings (SSSR count). The molecular weight excluding hydrogens is 323 g/mol. The van der Waals surface area contributed by atoms with Crippen LogP contribution in [0.3, 0.4) is 0 Å². The summed E-state index contributed by atoms with van der Waals surface area (Å²) in [5, 5.41) is 2.36. The molecule has 8 heteroatoms. The summed E-state index contributed by atoms with van der Waals surface area (Å²) in [5.41, 5.74) is 5.70. The second-order valence-electron chi connectivity index (χ2n) is 3.60. The van der Waals surface area contributed by atoms with E-state index in [0.29, 0.717) is 0 Å². The van der Waals surface area contributed by atoms with E-state index in [0.717, 1.165) is 10.0 Å². The Morgan fingerprint density at radius 3 is 2.56 bits per heavy atom. The van der Waals surface area contributed by atoms with Crippen LogP contribution >= 0.6 is 23.7 Å². The van der Waals surface area contributed by atoms with Gasteiger partial charge in [0.05, 0.1) is 0 Å². The van der Waals surface area contributed by atoms with Gasteiger partial charge < -0.3 is 10.2 Å². The van der Waals surface area contributed by atoms with Crippen LogP contribution < -0.4 is 10.8 Å². The number of hydrogen-bond donors (Lipinski definition) is 3. The summed E-state index contributed by atoms with van der Waals surface area (Å²) in [4.78, 5) is 20.5. The lowest BCUT2D eigenvalue weighted by Gasteiger charge is -2.17. The minimum atomic E-state index is -4.21. The zero-order chi connectivity index (χ0) is 13.8. The first kappa shape index (κ1) is 15.3. The number of benzene rings is 1. The smallest absolute Gasteiger partial charge is 0.357 e. The number of rotatable bonds is 5. The highest BCUT2D eigenvalue weighted by Gasteiger charge is 2.26. The number of carbonyl (C=O) groups excluding carboxylic acids is 1. The Morgan fingerprint density at radius 1 is 1.56 bits per heavy atom. The number of hydrogen-bond acceptors (Lipinski definition) is 3. The van der Waals surface area contributed by atoms with Crippen molar-refractivity contribution < 1.29 is 18.8 Å². The summed E-state index contributed by atoms with van der Waals surface area (Å²) in [6.07, 6.45) is -0.939. The minimum absolute atomic E-state index is 0.161. The molecule has 0 spiro atoms. The van der Waals surface area contributed by atoms with E-state index in [2.05, 4.69) is 25.8 Å². The molecule has 0 aliphatic heterocycles. The van der Waals surface area contributed by atoms with Crippen LogP contribution in [-0.2, 0) is 20.3 Å². The quantitative estimate of drug-likeness (QED) is 0.701. The van der Waals surface area contributed by atoms with Crippen LogP contribution in [0.1, 0.15) is 5.56 Å². The van der Waals surface area contributed by atoms with Crippen molar-refractivity contribution in [3.8, 4) is 0 Å². The molecule has 2 atom stereocenters. The van der Waals surface area contributed by atoms with E-state index in [1.807, 2.05) is 0 Å². The molecule has 0 bridgehead atoms. The van der Waals surface area contributed by atoms with Gasteiger partial charge >= 0.3 is 7.75 Å². The molecule has 0 saturated carbocycles. The fourth-order valence-electron chi connectivity index (χ4n) is 1.36. The monoisotopic (exact) mass is 336 g/mol. The highest BCUT2D eigenvalue weighted by Crippen LogP contribution is 2.34. The van der Waals surface area contributed by atoms with E-state index in [1.165, 1.54) is 7.05 Å². The second-order valence-corrected chi connectivity index (χ2v) is 5.86. The van der Waals surface area contributed by atoms with Gasteiger partial charge in [-0.2, -0.15) is 0 Å². The van der Waals surface area contributed by atoms with Gasteiger partial charge in [0.25, 0.3) is 0 Å². The topological polar surface area (TPSA) is 102 Å². The van der Waals surface area contributed by atoms with Gasteiger partial charge in [-0.05, 0) is 17.7 Å². The first-order chi connectivity index (χ1) is 8.31. The lowest BCUT2D eigenvalue weighted by molar-refractivity contribution is -0.127. The molecule has 18 heavy (non-hydrogen) atoms. The van der Waals surface area contributed by atoms with Crippen molar-refractivity contribution in [1.82, 2.24) is 5.32 Å². The van der Waals surface area contributed by atoms with Crippen LogP contribution in [0.25, 0.3) is 0 Å². The molecule has 1 aromatic carbocycles. The third-order valence-corrected chi connectivity index (χ3v) is 3.24. The molecule has 0 aliphatic carbocycles. The molecule has 0 radical (unpaired) electrons. The molecule has 0 aliphatic rings. The third-order valence-electron chi connectivity index (χ3n) is 2.15. The summed E-state index contributed by atoms with van der Waals surface area (Å²) >= 11 is 3.29. The summed E-state index contributed by atoms with van der Waals surface area (Å²) in [7, 11) is -2.79. The first-order valence-electron chi connectivity index (χ1n) is 5.07. The zero-order valence-corrected chi connectivity index (χ0v) is 12.1. The Morgan fingerprint density at radius 2 is 2.11 bits per heavy atom. The van der Waals surface area contributed by atoms with E-state index in [4.69, 9.17) is 10.4 Å². The van der Waals surface area contributed by atoms with E-state index in [-0.39, 0.29) is 6.42 Å². The van der Waals surface area contributed by atoms with Crippen LogP contribution in [0, 0.1) is 0 Å². The first-order valence-corrected chi connectivity index (χ1v) is 7.51. The van der Waals surface area contributed by atoms with Crippen LogP contribution in [0.5, 0.6) is 0 Å². The van der Waals surface area contributed by atoms with Crippen LogP contribution in [0.4, 0.5) is 0 Å². The number of likely N-dealkylation sites (N-methyl/N-ethyl adjacent to an activating group) is 1. The Balaban J connectivity index is 2.81. The fourth-order valence-corrected chi connectivity index (χ4v) is 2.15. The number of halogens is 1. The predicted octanol–water partition coefficient (Wildman–Crippen LogP) is 1.18. The van der Waals surface area contributed by atoms with Crippen LogP contribution in [0.15, 0.2) is 28.7 Å². The summed E-state index contributed by atoms with van der Waals surface area (Å²) in [6, 6.07) is 7.17. The lowest BCUT2D eigenvalue weighted by atomic mass is 10.1. The summed E-state index contributed by atoms with van der Waals surface area (Å²) in [6.45, 7) is 0. The number of carbonyl (C=O) groups is 1. The molecular formula is C10H14BrN2O4P. The van der Waals surface area contributed by atoms with E-state index < -0.39 is 19.8 Å². The highest BCUT2D eigenvalue weighted by molar-refractivity contribution is 9.10. The molecule has 0 heterocycles.